The first-order valence-corrected chi connectivity index (χ1v) is 11.2. The number of nitrogens with one attached hydrogen (secondary N) is 1. The van der Waals surface area contributed by atoms with Crippen molar-refractivity contribution in [2.45, 2.75) is 63.5 Å². The van der Waals surface area contributed by atoms with Crippen LogP contribution in [0, 0.1) is 0 Å². The molecule has 0 bridgehead atoms. The normalized spacial score (nSPS) is 21.1. The Balaban J connectivity index is 1.41. The lowest BCUT2D eigenvalue weighted by Gasteiger charge is -2.35. The summed E-state index contributed by atoms with van der Waals surface area (Å²) in [6.45, 7) is 2.00. The summed E-state index contributed by atoms with van der Waals surface area (Å²) < 4.78 is 9.97. The minimum atomic E-state index is -0.856. The van der Waals surface area contributed by atoms with E-state index in [2.05, 4.69) is 5.32 Å². The van der Waals surface area contributed by atoms with Crippen molar-refractivity contribution < 1.29 is 33.4 Å². The largest absolute Gasteiger partial charge is 0.454 e. The van der Waals surface area contributed by atoms with Crippen LogP contribution in [0.3, 0.4) is 0 Å². The summed E-state index contributed by atoms with van der Waals surface area (Å²) in [7, 11) is 1.59. The summed E-state index contributed by atoms with van der Waals surface area (Å²) in [4.78, 5) is 65.5. The molecule has 3 aliphatic rings. The fourth-order valence-corrected chi connectivity index (χ4v) is 4.68. The van der Waals surface area contributed by atoms with Crippen LogP contribution in [0.2, 0.25) is 0 Å². The van der Waals surface area contributed by atoms with E-state index in [4.69, 9.17) is 9.47 Å². The first-order valence-electron chi connectivity index (χ1n) is 11.2. The third kappa shape index (κ3) is 4.97. The zero-order valence-electron chi connectivity index (χ0n) is 18.8. The third-order valence-electron chi connectivity index (χ3n) is 6.52. The van der Waals surface area contributed by atoms with Crippen molar-refractivity contribution in [3.63, 3.8) is 0 Å². The average molecular weight is 453 g/mol. The van der Waals surface area contributed by atoms with Crippen molar-refractivity contribution in [3.05, 3.63) is 0 Å². The number of esters is 1. The van der Waals surface area contributed by atoms with Crippen LogP contribution < -0.4 is 5.32 Å². The molecular formula is C21H32N4O7. The Hall–Kier alpha value is -2.85. The number of rotatable bonds is 6. The number of hydrogen-bond donors (Lipinski definition) is 1. The maximum Gasteiger partial charge on any atom is 0.409 e. The lowest BCUT2D eigenvalue weighted by Crippen LogP contribution is -2.49. The van der Waals surface area contributed by atoms with E-state index in [1.165, 1.54) is 4.90 Å². The summed E-state index contributed by atoms with van der Waals surface area (Å²) in [5, 5.41) is 2.78. The second-order valence-corrected chi connectivity index (χ2v) is 8.51. The molecule has 0 radical (unpaired) electrons. The molecule has 0 aromatic rings. The van der Waals surface area contributed by atoms with E-state index >= 15 is 0 Å². The number of ether oxygens (including phenoxy) is 2. The first-order chi connectivity index (χ1) is 15.3. The molecule has 0 aromatic carbocycles. The molecule has 0 atom stereocenters. The van der Waals surface area contributed by atoms with E-state index in [-0.39, 0.29) is 18.0 Å². The van der Waals surface area contributed by atoms with Gasteiger partial charge in [-0.2, -0.15) is 0 Å². The van der Waals surface area contributed by atoms with Gasteiger partial charge in [-0.1, -0.05) is 19.3 Å². The number of piperidine rings is 1. The molecule has 178 valence electrons. The molecule has 1 N–H and O–H groups in total. The van der Waals surface area contributed by atoms with Crippen LogP contribution in [0.4, 0.5) is 9.59 Å². The molecule has 3 rings (SSSR count). The van der Waals surface area contributed by atoms with Gasteiger partial charge in [-0.05, 0) is 32.6 Å². The molecule has 0 unspecified atom stereocenters. The second-order valence-electron chi connectivity index (χ2n) is 8.51. The van der Waals surface area contributed by atoms with Crippen molar-refractivity contribution in [1.29, 1.82) is 0 Å². The molecule has 1 aliphatic carbocycles. The van der Waals surface area contributed by atoms with E-state index in [9.17, 15) is 24.0 Å². The zero-order chi connectivity index (χ0) is 23.3. The van der Waals surface area contributed by atoms with Crippen molar-refractivity contribution in [1.82, 2.24) is 20.0 Å². The van der Waals surface area contributed by atoms with Crippen molar-refractivity contribution in [3.8, 4) is 0 Å². The molecular weight excluding hydrogens is 420 g/mol. The monoisotopic (exact) mass is 452 g/mol. The van der Waals surface area contributed by atoms with Crippen LogP contribution >= 0.6 is 0 Å². The highest BCUT2D eigenvalue weighted by atomic mass is 16.6. The van der Waals surface area contributed by atoms with Gasteiger partial charge in [0.05, 0.1) is 6.61 Å². The second kappa shape index (κ2) is 10.2. The minimum Gasteiger partial charge on any atom is -0.454 e. The van der Waals surface area contributed by atoms with Gasteiger partial charge in [-0.15, -0.1) is 0 Å². The van der Waals surface area contributed by atoms with Gasteiger partial charge in [-0.25, -0.2) is 9.59 Å². The Morgan fingerprint density at radius 2 is 1.72 bits per heavy atom. The van der Waals surface area contributed by atoms with Gasteiger partial charge in [0, 0.05) is 26.2 Å². The minimum absolute atomic E-state index is 0.131. The smallest absolute Gasteiger partial charge is 0.409 e. The van der Waals surface area contributed by atoms with Gasteiger partial charge >= 0.3 is 18.1 Å². The van der Waals surface area contributed by atoms with Crippen LogP contribution in [-0.4, -0.2) is 96.1 Å². The Bertz CT molecular complexity index is 757. The molecule has 0 aromatic heterocycles. The molecule has 5 amide bonds. The van der Waals surface area contributed by atoms with Crippen LogP contribution in [0.25, 0.3) is 0 Å². The van der Waals surface area contributed by atoms with Gasteiger partial charge in [0.25, 0.3) is 11.8 Å². The van der Waals surface area contributed by atoms with Gasteiger partial charge in [0.15, 0.2) is 6.61 Å². The Morgan fingerprint density at radius 1 is 1.06 bits per heavy atom. The Labute approximate surface area is 187 Å². The average Bonchev–Trinajstić information content (AvgIpc) is 2.95. The van der Waals surface area contributed by atoms with Crippen LogP contribution in [-0.2, 0) is 23.9 Å². The van der Waals surface area contributed by atoms with Crippen molar-refractivity contribution >= 4 is 29.9 Å². The molecule has 2 heterocycles. The highest BCUT2D eigenvalue weighted by Gasteiger charge is 2.56. The number of nitrogens with zero attached hydrogens (tertiary/aromatic N) is 3. The SMILES string of the molecule is CCOC(=O)N1CCC(NC(=O)COC(=O)CN2C(=O)N(C)C3(CCCCC3)C2=O)CC1. The highest BCUT2D eigenvalue weighted by Crippen LogP contribution is 2.39. The van der Waals surface area contributed by atoms with Crippen LogP contribution in [0.5, 0.6) is 0 Å². The lowest BCUT2D eigenvalue weighted by molar-refractivity contribution is -0.151. The summed E-state index contributed by atoms with van der Waals surface area (Å²) in [5.74, 6) is -1.63. The predicted octanol–water partition coefficient (Wildman–Crippen LogP) is 0.864. The number of likely N-dealkylation sites (N-methyl/N-ethyl adjacent to an activating group) is 1. The van der Waals surface area contributed by atoms with E-state index in [1.807, 2.05) is 0 Å². The fraction of sp³-hybridized carbons (Fsp3) is 0.762. The maximum atomic E-state index is 12.9. The summed E-state index contributed by atoms with van der Waals surface area (Å²) in [6, 6.07) is -0.639. The molecule has 1 spiro atoms. The zero-order valence-corrected chi connectivity index (χ0v) is 18.8. The molecule has 2 aliphatic heterocycles. The number of hydrogen-bond acceptors (Lipinski definition) is 7. The van der Waals surface area contributed by atoms with E-state index in [1.54, 1.807) is 18.9 Å². The molecule has 32 heavy (non-hydrogen) atoms. The van der Waals surface area contributed by atoms with E-state index < -0.39 is 36.6 Å². The number of carbonyl (C=O) groups is 5. The predicted molar refractivity (Wildman–Crippen MR) is 111 cm³/mol. The highest BCUT2D eigenvalue weighted by molar-refractivity contribution is 6.08. The maximum absolute atomic E-state index is 12.9. The van der Waals surface area contributed by atoms with Gasteiger partial charge in [0.2, 0.25) is 0 Å². The van der Waals surface area contributed by atoms with E-state index in [0.717, 1.165) is 24.2 Å². The van der Waals surface area contributed by atoms with Crippen LogP contribution in [0.1, 0.15) is 51.9 Å². The number of urea groups is 1. The van der Waals surface area contributed by atoms with Crippen molar-refractivity contribution in [2.75, 3.05) is 39.9 Å². The Morgan fingerprint density at radius 3 is 2.34 bits per heavy atom. The fourth-order valence-electron chi connectivity index (χ4n) is 4.68. The standard InChI is InChI=1S/C21H32N4O7/c1-3-31-20(30)24-11-7-15(8-12-24)22-16(26)14-32-17(27)13-25-18(28)21(23(2)19(25)29)9-5-4-6-10-21/h15H,3-14H2,1-2H3,(H,22,26). The van der Waals surface area contributed by atoms with Gasteiger partial charge in [0.1, 0.15) is 12.1 Å². The quantitative estimate of drug-likeness (QED) is 0.468. The molecule has 11 heteroatoms. The summed E-state index contributed by atoms with van der Waals surface area (Å²) in [6.07, 6.45) is 4.72. The summed E-state index contributed by atoms with van der Waals surface area (Å²) in [5.41, 5.74) is -0.856. The van der Waals surface area contributed by atoms with Crippen molar-refractivity contribution in [2.24, 2.45) is 0 Å². The Kier molecular flexibility index (Phi) is 7.57. The van der Waals surface area contributed by atoms with E-state index in [0.29, 0.717) is 45.4 Å². The lowest BCUT2D eigenvalue weighted by atomic mass is 9.81. The van der Waals surface area contributed by atoms with Gasteiger partial charge < -0.3 is 24.6 Å². The topological polar surface area (TPSA) is 126 Å². The molecule has 3 fully saturated rings. The summed E-state index contributed by atoms with van der Waals surface area (Å²) >= 11 is 0. The number of amides is 5. The third-order valence-corrected chi connectivity index (χ3v) is 6.52. The van der Waals surface area contributed by atoms with Crippen LogP contribution in [0.15, 0.2) is 0 Å². The molecule has 1 saturated carbocycles. The molecule has 2 saturated heterocycles. The molecule has 11 nitrogen and oxygen atoms in total. The number of carbonyl (C=O) groups excluding carboxylic acids is 5. The number of likely N-dealkylation sites (tertiary alicyclic amines) is 1. The first kappa shape index (κ1) is 23.8. The number of imide groups is 1. The van der Waals surface area contributed by atoms with Gasteiger partial charge in [-0.3, -0.25) is 19.3 Å².